The van der Waals surface area contributed by atoms with Gasteiger partial charge in [-0.3, -0.25) is 4.79 Å². The molecule has 0 radical (unpaired) electrons. The van der Waals surface area contributed by atoms with Crippen LogP contribution in [0.1, 0.15) is 22.4 Å². The fraction of sp³-hybridized carbons (Fsp3) is 0.105. The van der Waals surface area contributed by atoms with E-state index in [-0.39, 0.29) is 22.9 Å². The Morgan fingerprint density at radius 2 is 1.52 bits per heavy atom. The standard InChI is InChI=1S/C19H11F6N5O/c20-18(21,22)12-3-10(4-13(5-12)19(23,24)25)17-29-2-1-14(30-17)6-15(16(26)31)11-7-27-9-28-8-11/h1-9H,(H2,26,31)/b15-6-. The Morgan fingerprint density at radius 3 is 2.03 bits per heavy atom. The van der Waals surface area contributed by atoms with Crippen molar-refractivity contribution in [1.82, 2.24) is 19.9 Å². The van der Waals surface area contributed by atoms with Crippen LogP contribution in [0, 0.1) is 0 Å². The zero-order valence-corrected chi connectivity index (χ0v) is 15.2. The number of primary amides is 1. The number of rotatable bonds is 4. The third-order valence-corrected chi connectivity index (χ3v) is 3.95. The summed E-state index contributed by atoms with van der Waals surface area (Å²) in [5.74, 6) is -1.27. The first-order chi connectivity index (χ1) is 14.4. The van der Waals surface area contributed by atoms with E-state index in [0.717, 1.165) is 6.20 Å². The Bertz CT molecular complexity index is 1110. The van der Waals surface area contributed by atoms with Gasteiger partial charge in [-0.05, 0) is 30.3 Å². The quantitative estimate of drug-likeness (QED) is 0.490. The molecule has 0 atom stereocenters. The predicted molar refractivity (Wildman–Crippen MR) is 96.6 cm³/mol. The van der Waals surface area contributed by atoms with Crippen LogP contribution in [0.5, 0.6) is 0 Å². The van der Waals surface area contributed by atoms with Crippen LogP contribution in [-0.4, -0.2) is 25.8 Å². The van der Waals surface area contributed by atoms with Crippen molar-refractivity contribution in [2.45, 2.75) is 12.4 Å². The number of nitrogens with zero attached hydrogens (tertiary/aromatic N) is 4. The number of amides is 1. The van der Waals surface area contributed by atoms with Crippen molar-refractivity contribution >= 4 is 17.6 Å². The molecule has 6 nitrogen and oxygen atoms in total. The number of carbonyl (C=O) groups excluding carboxylic acids is 1. The maximum Gasteiger partial charge on any atom is 0.416 e. The lowest BCUT2D eigenvalue weighted by molar-refractivity contribution is -0.143. The van der Waals surface area contributed by atoms with Gasteiger partial charge in [0.05, 0.1) is 22.4 Å². The van der Waals surface area contributed by atoms with Crippen LogP contribution in [0.25, 0.3) is 23.0 Å². The highest BCUT2D eigenvalue weighted by molar-refractivity contribution is 6.23. The van der Waals surface area contributed by atoms with Gasteiger partial charge in [0, 0.05) is 29.7 Å². The maximum absolute atomic E-state index is 13.1. The molecular formula is C19H11F6N5O. The van der Waals surface area contributed by atoms with Gasteiger partial charge in [0.2, 0.25) is 5.91 Å². The third kappa shape index (κ3) is 5.21. The van der Waals surface area contributed by atoms with Crippen molar-refractivity contribution in [1.29, 1.82) is 0 Å². The van der Waals surface area contributed by atoms with Crippen LogP contribution in [-0.2, 0) is 17.1 Å². The number of hydrogen-bond donors (Lipinski definition) is 1. The molecule has 0 unspecified atom stereocenters. The Morgan fingerprint density at radius 1 is 0.935 bits per heavy atom. The second-order valence-corrected chi connectivity index (χ2v) is 6.15. The lowest BCUT2D eigenvalue weighted by Gasteiger charge is -2.14. The van der Waals surface area contributed by atoms with E-state index in [9.17, 15) is 31.1 Å². The van der Waals surface area contributed by atoms with E-state index in [4.69, 9.17) is 5.73 Å². The zero-order chi connectivity index (χ0) is 22.8. The molecule has 2 N–H and O–H groups in total. The lowest BCUT2D eigenvalue weighted by Crippen LogP contribution is -2.13. The second kappa shape index (κ2) is 8.13. The van der Waals surface area contributed by atoms with E-state index >= 15 is 0 Å². The Balaban J connectivity index is 2.12. The number of alkyl halides is 6. The predicted octanol–water partition coefficient (Wildman–Crippen LogP) is 4.00. The number of aromatic nitrogens is 4. The van der Waals surface area contributed by atoms with Crippen molar-refractivity contribution in [3.63, 3.8) is 0 Å². The van der Waals surface area contributed by atoms with Crippen molar-refractivity contribution in [3.05, 3.63) is 71.6 Å². The summed E-state index contributed by atoms with van der Waals surface area (Å²) in [5.41, 5.74) is 2.05. The van der Waals surface area contributed by atoms with Crippen LogP contribution in [0.2, 0.25) is 0 Å². The van der Waals surface area contributed by atoms with Crippen molar-refractivity contribution in [2.24, 2.45) is 5.73 Å². The first kappa shape index (κ1) is 21.9. The van der Waals surface area contributed by atoms with Gasteiger partial charge >= 0.3 is 12.4 Å². The number of carbonyl (C=O) groups is 1. The molecule has 0 saturated heterocycles. The summed E-state index contributed by atoms with van der Waals surface area (Å²) in [5, 5.41) is 0. The fourth-order valence-electron chi connectivity index (χ4n) is 2.56. The van der Waals surface area contributed by atoms with Crippen LogP contribution < -0.4 is 5.73 Å². The molecule has 0 bridgehead atoms. The van der Waals surface area contributed by atoms with Gasteiger partial charge in [-0.2, -0.15) is 26.3 Å². The van der Waals surface area contributed by atoms with Crippen molar-refractivity contribution in [3.8, 4) is 11.4 Å². The van der Waals surface area contributed by atoms with Gasteiger partial charge in [0.1, 0.15) is 6.33 Å². The van der Waals surface area contributed by atoms with E-state index in [1.807, 2.05) is 0 Å². The first-order valence-corrected chi connectivity index (χ1v) is 8.35. The highest BCUT2D eigenvalue weighted by atomic mass is 19.4. The van der Waals surface area contributed by atoms with Crippen molar-refractivity contribution in [2.75, 3.05) is 0 Å². The van der Waals surface area contributed by atoms with E-state index < -0.39 is 40.8 Å². The molecule has 2 aromatic heterocycles. The van der Waals surface area contributed by atoms with Crippen LogP contribution >= 0.6 is 0 Å². The summed E-state index contributed by atoms with van der Waals surface area (Å²) < 4.78 is 78.6. The van der Waals surface area contributed by atoms with Gasteiger partial charge in [-0.1, -0.05) is 0 Å². The van der Waals surface area contributed by atoms with Gasteiger partial charge in [-0.25, -0.2) is 19.9 Å². The minimum Gasteiger partial charge on any atom is -0.366 e. The van der Waals surface area contributed by atoms with E-state index in [2.05, 4.69) is 19.9 Å². The average molecular weight is 439 g/mol. The van der Waals surface area contributed by atoms with Crippen molar-refractivity contribution < 1.29 is 31.1 Å². The molecule has 160 valence electrons. The molecule has 3 rings (SSSR count). The summed E-state index contributed by atoms with van der Waals surface area (Å²) in [6.45, 7) is 0. The molecule has 12 heteroatoms. The highest BCUT2D eigenvalue weighted by Gasteiger charge is 2.37. The minimum atomic E-state index is -5.01. The molecule has 0 fully saturated rings. The van der Waals surface area contributed by atoms with Gasteiger partial charge in [0.25, 0.3) is 0 Å². The monoisotopic (exact) mass is 439 g/mol. The molecule has 1 amide bonds. The Hall–Kier alpha value is -3.83. The lowest BCUT2D eigenvalue weighted by atomic mass is 10.0. The maximum atomic E-state index is 13.1. The molecule has 31 heavy (non-hydrogen) atoms. The van der Waals surface area contributed by atoms with Crippen LogP contribution in [0.4, 0.5) is 26.3 Å². The topological polar surface area (TPSA) is 94.7 Å². The molecular weight excluding hydrogens is 428 g/mol. The molecule has 3 aromatic rings. The number of benzene rings is 1. The Kier molecular flexibility index (Phi) is 5.73. The Labute approximate surface area is 170 Å². The van der Waals surface area contributed by atoms with Gasteiger partial charge < -0.3 is 5.73 Å². The van der Waals surface area contributed by atoms with E-state index in [0.29, 0.717) is 12.1 Å². The van der Waals surface area contributed by atoms with Gasteiger partial charge in [-0.15, -0.1) is 0 Å². The highest BCUT2D eigenvalue weighted by Crippen LogP contribution is 2.38. The molecule has 0 aliphatic rings. The van der Waals surface area contributed by atoms with E-state index in [1.165, 1.54) is 30.9 Å². The largest absolute Gasteiger partial charge is 0.416 e. The molecule has 0 aliphatic heterocycles. The minimum absolute atomic E-state index is 0.00779. The molecule has 2 heterocycles. The summed E-state index contributed by atoms with van der Waals surface area (Å²) in [6, 6.07) is 2.33. The SMILES string of the molecule is NC(=O)/C(=C\c1ccnc(-c2cc(C(F)(F)F)cc(C(F)(F)F)c2)n1)c1cncnc1. The normalized spacial score (nSPS) is 12.6. The molecule has 0 aliphatic carbocycles. The first-order valence-electron chi connectivity index (χ1n) is 8.35. The molecule has 1 aromatic carbocycles. The number of nitrogens with two attached hydrogens (primary N) is 1. The fourth-order valence-corrected chi connectivity index (χ4v) is 2.56. The van der Waals surface area contributed by atoms with Crippen LogP contribution in [0.3, 0.4) is 0 Å². The smallest absolute Gasteiger partial charge is 0.366 e. The average Bonchev–Trinajstić information content (AvgIpc) is 2.71. The molecule has 0 saturated carbocycles. The number of halogens is 6. The summed E-state index contributed by atoms with van der Waals surface area (Å²) in [4.78, 5) is 27.0. The van der Waals surface area contributed by atoms with E-state index in [1.54, 1.807) is 0 Å². The third-order valence-electron chi connectivity index (χ3n) is 3.95. The second-order valence-electron chi connectivity index (χ2n) is 6.15. The van der Waals surface area contributed by atoms with Gasteiger partial charge in [0.15, 0.2) is 5.82 Å². The molecule has 0 spiro atoms. The summed E-state index contributed by atoms with van der Waals surface area (Å²) in [6.07, 6.45) is -3.88. The number of hydrogen-bond acceptors (Lipinski definition) is 5. The summed E-state index contributed by atoms with van der Waals surface area (Å²) in [7, 11) is 0. The van der Waals surface area contributed by atoms with Crippen LogP contribution in [0.15, 0.2) is 49.2 Å². The zero-order valence-electron chi connectivity index (χ0n) is 15.2. The summed E-state index contributed by atoms with van der Waals surface area (Å²) >= 11 is 0.